The zero-order valence-corrected chi connectivity index (χ0v) is 12.4. The number of nitrogens with zero attached hydrogens (tertiary/aromatic N) is 1. The molecule has 0 saturated carbocycles. The van der Waals surface area contributed by atoms with Gasteiger partial charge in [0.15, 0.2) is 0 Å². The fraction of sp³-hybridized carbons (Fsp3) is 0.533. The molecule has 110 valence electrons. The fourth-order valence-corrected chi connectivity index (χ4v) is 2.68. The van der Waals surface area contributed by atoms with E-state index in [0.717, 1.165) is 38.0 Å². The minimum absolute atomic E-state index is 0.0520. The summed E-state index contributed by atoms with van der Waals surface area (Å²) in [6, 6.07) is 7.57. The van der Waals surface area contributed by atoms with Crippen molar-refractivity contribution in [1.82, 2.24) is 10.2 Å². The van der Waals surface area contributed by atoms with Crippen molar-refractivity contribution >= 4 is 17.5 Å². The molecule has 0 spiro atoms. The second-order valence-electron chi connectivity index (χ2n) is 5.32. The monoisotopic (exact) mass is 295 g/mol. The first-order valence-electron chi connectivity index (χ1n) is 7.11. The van der Waals surface area contributed by atoms with E-state index in [0.29, 0.717) is 24.0 Å². The molecule has 20 heavy (non-hydrogen) atoms. The van der Waals surface area contributed by atoms with Gasteiger partial charge in [-0.1, -0.05) is 29.8 Å². The Morgan fingerprint density at radius 2 is 2.05 bits per heavy atom. The van der Waals surface area contributed by atoms with E-state index in [1.165, 1.54) is 0 Å². The summed E-state index contributed by atoms with van der Waals surface area (Å²) < 4.78 is 0. The van der Waals surface area contributed by atoms with Crippen LogP contribution in [0.4, 0.5) is 0 Å². The average Bonchev–Trinajstić information content (AvgIpc) is 2.47. The number of hydrogen-bond acceptors (Lipinski definition) is 3. The molecule has 1 amide bonds. The summed E-state index contributed by atoms with van der Waals surface area (Å²) in [7, 11) is 0. The topological polar surface area (TPSA) is 58.4 Å². The Bertz CT molecular complexity index is 444. The molecule has 0 aromatic heterocycles. The summed E-state index contributed by atoms with van der Waals surface area (Å²) >= 11 is 6.06. The number of piperidine rings is 1. The van der Waals surface area contributed by atoms with Gasteiger partial charge in [-0.05, 0) is 50.0 Å². The summed E-state index contributed by atoms with van der Waals surface area (Å²) in [5, 5.41) is 3.61. The van der Waals surface area contributed by atoms with Gasteiger partial charge >= 0.3 is 0 Å². The van der Waals surface area contributed by atoms with Gasteiger partial charge in [-0.25, -0.2) is 0 Å². The molecule has 1 aromatic rings. The number of likely N-dealkylation sites (tertiary alicyclic amines) is 1. The number of rotatable bonds is 5. The van der Waals surface area contributed by atoms with Crippen molar-refractivity contribution in [3.05, 3.63) is 34.9 Å². The van der Waals surface area contributed by atoms with Crippen molar-refractivity contribution in [2.75, 3.05) is 26.2 Å². The lowest BCUT2D eigenvalue weighted by Gasteiger charge is -2.30. The van der Waals surface area contributed by atoms with Gasteiger partial charge < -0.3 is 11.1 Å². The molecule has 2 rings (SSSR count). The lowest BCUT2D eigenvalue weighted by Crippen LogP contribution is -2.42. The van der Waals surface area contributed by atoms with E-state index < -0.39 is 0 Å². The van der Waals surface area contributed by atoms with E-state index in [-0.39, 0.29) is 5.91 Å². The third-order valence-electron chi connectivity index (χ3n) is 3.84. The second kappa shape index (κ2) is 7.62. The van der Waals surface area contributed by atoms with Crippen LogP contribution >= 0.6 is 11.6 Å². The van der Waals surface area contributed by atoms with Crippen LogP contribution in [0.2, 0.25) is 5.02 Å². The van der Waals surface area contributed by atoms with Crippen LogP contribution in [-0.2, 0) is 11.3 Å². The van der Waals surface area contributed by atoms with E-state index in [2.05, 4.69) is 10.2 Å². The molecule has 1 aromatic carbocycles. The van der Waals surface area contributed by atoms with Crippen molar-refractivity contribution in [3.63, 3.8) is 0 Å². The number of nitrogens with two attached hydrogens (primary N) is 1. The Balaban J connectivity index is 1.72. The largest absolute Gasteiger partial charge is 0.351 e. The van der Waals surface area contributed by atoms with E-state index in [9.17, 15) is 4.79 Å². The molecule has 5 heteroatoms. The third-order valence-corrected chi connectivity index (χ3v) is 4.21. The van der Waals surface area contributed by atoms with Crippen molar-refractivity contribution in [2.45, 2.75) is 19.4 Å². The molecule has 3 N–H and O–H groups in total. The van der Waals surface area contributed by atoms with Gasteiger partial charge in [-0.2, -0.15) is 0 Å². The molecular formula is C15H22ClN3O. The summed E-state index contributed by atoms with van der Waals surface area (Å²) in [4.78, 5) is 14.1. The number of nitrogens with one attached hydrogen (secondary N) is 1. The number of benzene rings is 1. The normalized spacial score (nSPS) is 17.1. The minimum atomic E-state index is 0.0520. The quantitative estimate of drug-likeness (QED) is 0.868. The summed E-state index contributed by atoms with van der Waals surface area (Å²) in [5.74, 6) is 0.675. The molecule has 1 heterocycles. The Morgan fingerprint density at radius 3 is 2.70 bits per heavy atom. The Labute approximate surface area is 125 Å². The minimum Gasteiger partial charge on any atom is -0.351 e. The van der Waals surface area contributed by atoms with Crippen LogP contribution in [0, 0.1) is 5.92 Å². The maximum atomic E-state index is 11.9. The summed E-state index contributed by atoms with van der Waals surface area (Å²) in [6.45, 7) is 3.62. The van der Waals surface area contributed by atoms with E-state index >= 15 is 0 Å². The van der Waals surface area contributed by atoms with Crippen molar-refractivity contribution in [1.29, 1.82) is 0 Å². The maximum absolute atomic E-state index is 11.9. The predicted molar refractivity (Wildman–Crippen MR) is 81.5 cm³/mol. The first-order valence-corrected chi connectivity index (χ1v) is 7.49. The second-order valence-corrected chi connectivity index (χ2v) is 5.73. The Hall–Kier alpha value is -1.10. The van der Waals surface area contributed by atoms with E-state index in [1.54, 1.807) is 0 Å². The molecule has 0 radical (unpaired) electrons. The molecule has 0 unspecified atom stereocenters. The van der Waals surface area contributed by atoms with Crippen molar-refractivity contribution in [3.8, 4) is 0 Å². The Morgan fingerprint density at radius 1 is 1.35 bits per heavy atom. The standard InChI is InChI=1S/C15H22ClN3O/c16-14-4-2-1-3-13(14)10-18-15(20)11-19-7-5-12(9-17)6-8-19/h1-4,12H,5-11,17H2,(H,18,20). The van der Waals surface area contributed by atoms with Gasteiger partial charge in [0.25, 0.3) is 0 Å². The highest BCUT2D eigenvalue weighted by Crippen LogP contribution is 2.16. The fourth-order valence-electron chi connectivity index (χ4n) is 2.47. The Kier molecular flexibility index (Phi) is 5.83. The maximum Gasteiger partial charge on any atom is 0.234 e. The van der Waals surface area contributed by atoms with Crippen LogP contribution < -0.4 is 11.1 Å². The van der Waals surface area contributed by atoms with Crippen LogP contribution in [-0.4, -0.2) is 37.0 Å². The molecule has 4 nitrogen and oxygen atoms in total. The highest BCUT2D eigenvalue weighted by atomic mass is 35.5. The lowest BCUT2D eigenvalue weighted by atomic mass is 9.97. The summed E-state index contributed by atoms with van der Waals surface area (Å²) in [6.07, 6.45) is 2.18. The van der Waals surface area contributed by atoms with E-state index in [1.807, 2.05) is 24.3 Å². The van der Waals surface area contributed by atoms with Crippen LogP contribution in [0.1, 0.15) is 18.4 Å². The molecule has 1 saturated heterocycles. The van der Waals surface area contributed by atoms with E-state index in [4.69, 9.17) is 17.3 Å². The molecule has 1 aliphatic heterocycles. The highest BCUT2D eigenvalue weighted by Gasteiger charge is 2.19. The average molecular weight is 296 g/mol. The van der Waals surface area contributed by atoms with Crippen molar-refractivity contribution in [2.24, 2.45) is 11.7 Å². The van der Waals surface area contributed by atoms with Gasteiger partial charge in [-0.15, -0.1) is 0 Å². The number of hydrogen-bond donors (Lipinski definition) is 2. The van der Waals surface area contributed by atoms with Crippen LogP contribution in [0.15, 0.2) is 24.3 Å². The van der Waals surface area contributed by atoms with Crippen LogP contribution in [0.3, 0.4) is 0 Å². The predicted octanol–water partition coefficient (Wildman–Crippen LogP) is 1.63. The lowest BCUT2D eigenvalue weighted by molar-refractivity contribution is -0.122. The zero-order chi connectivity index (χ0) is 14.4. The van der Waals surface area contributed by atoms with Gasteiger partial charge in [0.05, 0.1) is 6.54 Å². The zero-order valence-electron chi connectivity index (χ0n) is 11.6. The smallest absolute Gasteiger partial charge is 0.234 e. The number of halogens is 1. The van der Waals surface area contributed by atoms with Gasteiger partial charge in [0.1, 0.15) is 0 Å². The molecule has 0 atom stereocenters. The van der Waals surface area contributed by atoms with Gasteiger partial charge in [0, 0.05) is 11.6 Å². The molecule has 0 aliphatic carbocycles. The molecule has 1 aliphatic rings. The van der Waals surface area contributed by atoms with Gasteiger partial charge in [-0.3, -0.25) is 9.69 Å². The number of carbonyl (C=O) groups is 1. The first kappa shape index (κ1) is 15.3. The number of amides is 1. The SMILES string of the molecule is NCC1CCN(CC(=O)NCc2ccccc2Cl)CC1. The first-order chi connectivity index (χ1) is 9.69. The number of carbonyl (C=O) groups excluding carboxylic acids is 1. The molecule has 1 fully saturated rings. The third kappa shape index (κ3) is 4.47. The molecular weight excluding hydrogens is 274 g/mol. The molecule has 0 bridgehead atoms. The highest BCUT2D eigenvalue weighted by molar-refractivity contribution is 6.31. The van der Waals surface area contributed by atoms with Gasteiger partial charge in [0.2, 0.25) is 5.91 Å². The van der Waals surface area contributed by atoms with Crippen LogP contribution in [0.25, 0.3) is 0 Å². The summed E-state index contributed by atoms with van der Waals surface area (Å²) in [5.41, 5.74) is 6.61. The van der Waals surface area contributed by atoms with Crippen LogP contribution in [0.5, 0.6) is 0 Å². The van der Waals surface area contributed by atoms with Crippen molar-refractivity contribution < 1.29 is 4.79 Å².